The second kappa shape index (κ2) is 6.78. The van der Waals surface area contributed by atoms with Gasteiger partial charge in [-0.1, -0.05) is 5.21 Å². The van der Waals surface area contributed by atoms with E-state index in [0.29, 0.717) is 31.8 Å². The van der Waals surface area contributed by atoms with Gasteiger partial charge in [-0.25, -0.2) is 4.98 Å². The fourth-order valence-electron chi connectivity index (χ4n) is 1.38. The maximum absolute atomic E-state index is 11.2. The predicted octanol–water partition coefficient (Wildman–Crippen LogP) is 0.764. The van der Waals surface area contributed by atoms with E-state index >= 15 is 0 Å². The maximum atomic E-state index is 11.2. The zero-order chi connectivity index (χ0) is 13.5. The van der Waals surface area contributed by atoms with Crippen molar-refractivity contribution < 1.29 is 9.53 Å². The Kier molecular flexibility index (Phi) is 4.78. The molecule has 0 saturated carbocycles. The van der Waals surface area contributed by atoms with Crippen molar-refractivity contribution in [1.82, 2.24) is 25.6 Å². The zero-order valence-electron chi connectivity index (χ0n) is 10.4. The molecule has 0 aliphatic rings. The average Bonchev–Trinajstić information content (AvgIpc) is 3.06. The number of aromatic nitrogens is 5. The Morgan fingerprint density at radius 2 is 2.47 bits per heavy atom. The summed E-state index contributed by atoms with van der Waals surface area (Å²) in [5.41, 5.74) is 0.869. The van der Waals surface area contributed by atoms with Crippen molar-refractivity contribution in [3.8, 4) is 0 Å². The number of carbonyl (C=O) groups excluding carboxylic acids is 1. The standard InChI is InChI=1S/C10H14N6O2S/c1-2-18-9(17)4-3-7-6-19-10(12-7)11-5-8-13-15-16-14-8/h6H,2-5H2,1H3,(H,11,12)(H,13,14,15,16). The Labute approximate surface area is 113 Å². The Bertz CT molecular complexity index is 512. The van der Waals surface area contributed by atoms with Gasteiger partial charge in [-0.2, -0.15) is 5.21 Å². The van der Waals surface area contributed by atoms with Crippen LogP contribution in [0.25, 0.3) is 0 Å². The summed E-state index contributed by atoms with van der Waals surface area (Å²) in [5, 5.41) is 19.3. The third-order valence-electron chi connectivity index (χ3n) is 2.23. The number of thiazole rings is 1. The first-order valence-corrected chi connectivity index (χ1v) is 6.72. The van der Waals surface area contributed by atoms with E-state index in [-0.39, 0.29) is 5.97 Å². The van der Waals surface area contributed by atoms with Gasteiger partial charge in [-0.05, 0) is 6.92 Å². The van der Waals surface area contributed by atoms with E-state index < -0.39 is 0 Å². The maximum Gasteiger partial charge on any atom is 0.306 e. The molecule has 0 amide bonds. The number of nitrogens with one attached hydrogen (secondary N) is 2. The highest BCUT2D eigenvalue weighted by Crippen LogP contribution is 2.17. The Hall–Kier alpha value is -2.03. The van der Waals surface area contributed by atoms with Crippen molar-refractivity contribution in [3.05, 3.63) is 16.9 Å². The van der Waals surface area contributed by atoms with E-state index in [0.717, 1.165) is 10.8 Å². The molecule has 0 atom stereocenters. The van der Waals surface area contributed by atoms with E-state index in [1.165, 1.54) is 11.3 Å². The molecule has 2 N–H and O–H groups in total. The van der Waals surface area contributed by atoms with Crippen LogP contribution in [-0.2, 0) is 22.5 Å². The molecule has 0 radical (unpaired) electrons. The minimum atomic E-state index is -0.197. The van der Waals surface area contributed by atoms with Crippen LogP contribution < -0.4 is 5.32 Å². The number of H-pyrrole nitrogens is 1. The number of hydrogen-bond donors (Lipinski definition) is 2. The van der Waals surface area contributed by atoms with Crippen molar-refractivity contribution in [2.45, 2.75) is 26.3 Å². The normalized spacial score (nSPS) is 10.4. The van der Waals surface area contributed by atoms with Gasteiger partial charge in [0.25, 0.3) is 0 Å². The number of aryl methyl sites for hydroxylation is 1. The lowest BCUT2D eigenvalue weighted by atomic mass is 10.2. The van der Waals surface area contributed by atoms with Crippen molar-refractivity contribution >= 4 is 22.4 Å². The molecule has 0 aromatic carbocycles. The minimum Gasteiger partial charge on any atom is -0.466 e. The number of rotatable bonds is 7. The van der Waals surface area contributed by atoms with Crippen LogP contribution in [0.3, 0.4) is 0 Å². The van der Waals surface area contributed by atoms with Gasteiger partial charge >= 0.3 is 5.97 Å². The number of nitrogens with zero attached hydrogens (tertiary/aromatic N) is 4. The molecular weight excluding hydrogens is 268 g/mol. The number of ether oxygens (including phenoxy) is 1. The molecule has 9 heteroatoms. The number of esters is 1. The summed E-state index contributed by atoms with van der Waals surface area (Å²) in [7, 11) is 0. The quantitative estimate of drug-likeness (QED) is 0.722. The van der Waals surface area contributed by atoms with Crippen LogP contribution in [0.2, 0.25) is 0 Å². The van der Waals surface area contributed by atoms with Gasteiger partial charge in [-0.15, -0.1) is 21.5 Å². The van der Waals surface area contributed by atoms with E-state index in [1.807, 2.05) is 5.38 Å². The third-order valence-corrected chi connectivity index (χ3v) is 3.08. The molecule has 19 heavy (non-hydrogen) atoms. The summed E-state index contributed by atoms with van der Waals surface area (Å²) in [5.74, 6) is 0.375. The molecule has 0 aliphatic carbocycles. The minimum absolute atomic E-state index is 0.197. The molecule has 2 rings (SSSR count). The SMILES string of the molecule is CCOC(=O)CCc1csc(NCc2nn[nH]n2)n1. The molecule has 2 heterocycles. The molecule has 102 valence electrons. The molecule has 0 aliphatic heterocycles. The highest BCUT2D eigenvalue weighted by atomic mass is 32.1. The number of aromatic amines is 1. The van der Waals surface area contributed by atoms with Crippen molar-refractivity contribution in [1.29, 1.82) is 0 Å². The molecule has 0 bridgehead atoms. The Morgan fingerprint density at radius 3 is 3.21 bits per heavy atom. The Morgan fingerprint density at radius 1 is 1.58 bits per heavy atom. The average molecular weight is 282 g/mol. The zero-order valence-corrected chi connectivity index (χ0v) is 11.2. The summed E-state index contributed by atoms with van der Waals surface area (Å²) < 4.78 is 4.86. The number of anilines is 1. The van der Waals surface area contributed by atoms with Gasteiger partial charge in [0, 0.05) is 11.8 Å². The van der Waals surface area contributed by atoms with Gasteiger partial charge in [0.15, 0.2) is 11.0 Å². The topological polar surface area (TPSA) is 106 Å². The molecule has 0 spiro atoms. The van der Waals surface area contributed by atoms with Crippen LogP contribution >= 0.6 is 11.3 Å². The van der Waals surface area contributed by atoms with E-state index in [1.54, 1.807) is 6.92 Å². The molecule has 0 unspecified atom stereocenters. The van der Waals surface area contributed by atoms with Gasteiger partial charge in [-0.3, -0.25) is 4.79 Å². The highest BCUT2D eigenvalue weighted by molar-refractivity contribution is 7.13. The molecule has 0 fully saturated rings. The molecule has 8 nitrogen and oxygen atoms in total. The monoisotopic (exact) mass is 282 g/mol. The summed E-state index contributed by atoms with van der Waals surface area (Å²) in [6.07, 6.45) is 0.932. The third kappa shape index (κ3) is 4.28. The Balaban J connectivity index is 1.77. The van der Waals surface area contributed by atoms with Gasteiger partial charge in [0.2, 0.25) is 0 Å². The van der Waals surface area contributed by atoms with Gasteiger partial charge < -0.3 is 10.1 Å². The van der Waals surface area contributed by atoms with Crippen molar-refractivity contribution in [3.63, 3.8) is 0 Å². The second-order valence-corrected chi connectivity index (χ2v) is 4.49. The summed E-state index contributed by atoms with van der Waals surface area (Å²) in [4.78, 5) is 15.6. The van der Waals surface area contributed by atoms with Crippen LogP contribution in [-0.4, -0.2) is 38.2 Å². The fourth-order valence-corrected chi connectivity index (χ4v) is 2.12. The molecule has 2 aromatic heterocycles. The lowest BCUT2D eigenvalue weighted by Gasteiger charge is -1.99. The van der Waals surface area contributed by atoms with E-state index in [4.69, 9.17) is 4.74 Å². The smallest absolute Gasteiger partial charge is 0.306 e. The summed E-state index contributed by atoms with van der Waals surface area (Å²) >= 11 is 1.48. The van der Waals surface area contributed by atoms with Crippen molar-refractivity contribution in [2.75, 3.05) is 11.9 Å². The van der Waals surface area contributed by atoms with Crippen LogP contribution in [0.5, 0.6) is 0 Å². The molecular formula is C10H14N6O2S. The number of hydrogen-bond acceptors (Lipinski definition) is 8. The first-order valence-electron chi connectivity index (χ1n) is 5.84. The van der Waals surface area contributed by atoms with Gasteiger partial charge in [0.1, 0.15) is 0 Å². The van der Waals surface area contributed by atoms with E-state index in [9.17, 15) is 4.79 Å². The van der Waals surface area contributed by atoms with Crippen LogP contribution in [0.15, 0.2) is 5.38 Å². The molecule has 0 saturated heterocycles. The second-order valence-electron chi connectivity index (χ2n) is 3.63. The summed E-state index contributed by atoms with van der Waals surface area (Å²) in [6.45, 7) is 2.66. The van der Waals surface area contributed by atoms with Crippen molar-refractivity contribution in [2.24, 2.45) is 0 Å². The highest BCUT2D eigenvalue weighted by Gasteiger charge is 2.07. The first-order chi connectivity index (χ1) is 9.28. The van der Waals surface area contributed by atoms with E-state index in [2.05, 4.69) is 30.9 Å². The first kappa shape index (κ1) is 13.4. The number of tetrazole rings is 1. The van der Waals surface area contributed by atoms with Crippen LogP contribution in [0, 0.1) is 0 Å². The summed E-state index contributed by atoms with van der Waals surface area (Å²) in [6, 6.07) is 0. The number of carbonyl (C=O) groups is 1. The predicted molar refractivity (Wildman–Crippen MR) is 68.6 cm³/mol. The fraction of sp³-hybridized carbons (Fsp3) is 0.500. The van der Waals surface area contributed by atoms with Crippen LogP contribution in [0.1, 0.15) is 24.9 Å². The van der Waals surface area contributed by atoms with Gasteiger partial charge in [0.05, 0.1) is 25.3 Å². The largest absolute Gasteiger partial charge is 0.466 e. The van der Waals surface area contributed by atoms with Crippen LogP contribution in [0.4, 0.5) is 5.13 Å². The molecule has 2 aromatic rings. The lowest BCUT2D eigenvalue weighted by molar-refractivity contribution is -0.143. The lowest BCUT2D eigenvalue weighted by Crippen LogP contribution is -2.05.